The van der Waals surface area contributed by atoms with Crippen LogP contribution < -0.4 is 5.56 Å². The highest BCUT2D eigenvalue weighted by Gasteiger charge is 2.10. The molecule has 2 aromatic carbocycles. The smallest absolute Gasteiger partial charge is 0.280 e. The number of halogens is 2. The van der Waals surface area contributed by atoms with E-state index < -0.39 is 0 Å². The summed E-state index contributed by atoms with van der Waals surface area (Å²) in [5.41, 5.74) is 2.56. The molecule has 0 saturated heterocycles. The number of aliphatic imine (C=N–C) groups is 1. The first-order chi connectivity index (χ1) is 11.0. The zero-order chi connectivity index (χ0) is 16.4. The molecular formula is C17H13BrClN3O. The van der Waals surface area contributed by atoms with E-state index >= 15 is 0 Å². The number of rotatable bonds is 3. The Morgan fingerprint density at radius 1 is 1.22 bits per heavy atom. The van der Waals surface area contributed by atoms with Crippen molar-refractivity contribution in [3.05, 3.63) is 79.6 Å². The molecule has 23 heavy (non-hydrogen) atoms. The molecule has 3 aromatic rings. The summed E-state index contributed by atoms with van der Waals surface area (Å²) in [6.45, 7) is 1.84. The number of nitrogens with zero attached hydrogens (tertiary/aromatic N) is 2. The molecule has 116 valence electrons. The van der Waals surface area contributed by atoms with Gasteiger partial charge in [-0.05, 0) is 43.3 Å². The fraction of sp³-hybridized carbons (Fsp3) is 0.0588. The largest absolute Gasteiger partial charge is 0.295 e. The SMILES string of the molecule is Cc1[nH]n(-c2cccc(Cl)c2)c(=O)c1C=Nc1cccc(Br)c1. The topological polar surface area (TPSA) is 50.1 Å². The number of aromatic nitrogens is 2. The van der Waals surface area contributed by atoms with Gasteiger partial charge in [0.1, 0.15) is 0 Å². The molecule has 0 fully saturated rings. The van der Waals surface area contributed by atoms with E-state index in [1.165, 1.54) is 4.68 Å². The van der Waals surface area contributed by atoms with Crippen molar-refractivity contribution in [3.8, 4) is 5.69 Å². The van der Waals surface area contributed by atoms with Gasteiger partial charge in [0.05, 0.1) is 16.9 Å². The average molecular weight is 391 g/mol. The summed E-state index contributed by atoms with van der Waals surface area (Å²) in [4.78, 5) is 16.9. The molecule has 0 aliphatic carbocycles. The van der Waals surface area contributed by atoms with Crippen LogP contribution in [0.5, 0.6) is 0 Å². The minimum atomic E-state index is -0.163. The maximum Gasteiger partial charge on any atom is 0.280 e. The summed E-state index contributed by atoms with van der Waals surface area (Å²) in [7, 11) is 0. The van der Waals surface area contributed by atoms with Gasteiger partial charge in [0.2, 0.25) is 0 Å². The van der Waals surface area contributed by atoms with Gasteiger partial charge in [-0.25, -0.2) is 4.68 Å². The van der Waals surface area contributed by atoms with Crippen molar-refractivity contribution >= 4 is 39.4 Å². The number of aromatic amines is 1. The molecule has 0 radical (unpaired) electrons. The van der Waals surface area contributed by atoms with Crippen molar-refractivity contribution in [1.82, 2.24) is 9.78 Å². The Morgan fingerprint density at radius 3 is 2.74 bits per heavy atom. The van der Waals surface area contributed by atoms with Crippen LogP contribution in [0.4, 0.5) is 5.69 Å². The molecule has 1 N–H and O–H groups in total. The second kappa shape index (κ2) is 6.56. The summed E-state index contributed by atoms with van der Waals surface area (Å²) in [5.74, 6) is 0. The van der Waals surface area contributed by atoms with Crippen molar-refractivity contribution in [2.45, 2.75) is 6.92 Å². The van der Waals surface area contributed by atoms with Crippen molar-refractivity contribution < 1.29 is 0 Å². The van der Waals surface area contributed by atoms with Gasteiger partial charge in [-0.1, -0.05) is 39.7 Å². The quantitative estimate of drug-likeness (QED) is 0.651. The molecule has 0 saturated carbocycles. The lowest BCUT2D eigenvalue weighted by molar-refractivity contribution is 0.835. The maximum atomic E-state index is 12.6. The van der Waals surface area contributed by atoms with Gasteiger partial charge in [-0.2, -0.15) is 0 Å². The van der Waals surface area contributed by atoms with Crippen molar-refractivity contribution in [2.24, 2.45) is 4.99 Å². The Hall–Kier alpha value is -2.11. The highest BCUT2D eigenvalue weighted by atomic mass is 79.9. The molecule has 6 heteroatoms. The van der Waals surface area contributed by atoms with Crippen LogP contribution in [0.25, 0.3) is 5.69 Å². The summed E-state index contributed by atoms with van der Waals surface area (Å²) >= 11 is 9.39. The van der Waals surface area contributed by atoms with E-state index in [1.54, 1.807) is 24.4 Å². The Bertz CT molecular complexity index is 943. The Balaban J connectivity index is 2.00. The Morgan fingerprint density at radius 2 is 2.00 bits per heavy atom. The standard InChI is InChI=1S/C17H13BrClN3O/c1-11-16(10-20-14-6-2-4-12(18)8-14)17(23)22(21-11)15-7-3-5-13(19)9-15/h2-10,21H,1H3. The number of H-pyrrole nitrogens is 1. The van der Waals surface area contributed by atoms with Gasteiger partial charge in [-0.3, -0.25) is 14.9 Å². The third-order valence-electron chi connectivity index (χ3n) is 3.33. The highest BCUT2D eigenvalue weighted by Crippen LogP contribution is 2.18. The minimum Gasteiger partial charge on any atom is -0.295 e. The Kier molecular flexibility index (Phi) is 4.50. The van der Waals surface area contributed by atoms with Gasteiger partial charge in [0.15, 0.2) is 0 Å². The van der Waals surface area contributed by atoms with E-state index in [-0.39, 0.29) is 5.56 Å². The molecule has 0 bridgehead atoms. The second-order valence-corrected chi connectivity index (χ2v) is 6.36. The minimum absolute atomic E-state index is 0.163. The lowest BCUT2D eigenvalue weighted by Crippen LogP contribution is -2.17. The molecule has 0 unspecified atom stereocenters. The third-order valence-corrected chi connectivity index (χ3v) is 4.06. The van der Waals surface area contributed by atoms with Crippen LogP contribution in [0.15, 0.2) is 62.8 Å². The molecule has 4 nitrogen and oxygen atoms in total. The summed E-state index contributed by atoms with van der Waals surface area (Å²) in [6.07, 6.45) is 1.58. The lowest BCUT2D eigenvalue weighted by atomic mass is 10.2. The number of benzene rings is 2. The van der Waals surface area contributed by atoms with Gasteiger partial charge >= 0.3 is 0 Å². The van der Waals surface area contributed by atoms with Crippen molar-refractivity contribution in [1.29, 1.82) is 0 Å². The number of hydrogen-bond acceptors (Lipinski definition) is 2. The van der Waals surface area contributed by atoms with E-state index in [4.69, 9.17) is 11.6 Å². The number of hydrogen-bond donors (Lipinski definition) is 1. The molecule has 0 aliphatic heterocycles. The van der Waals surface area contributed by atoms with Gasteiger partial charge in [0, 0.05) is 21.4 Å². The first-order valence-corrected chi connectivity index (χ1v) is 8.09. The summed E-state index contributed by atoms with van der Waals surface area (Å²) in [6, 6.07) is 14.7. The second-order valence-electron chi connectivity index (χ2n) is 5.01. The third kappa shape index (κ3) is 3.46. The zero-order valence-electron chi connectivity index (χ0n) is 12.3. The maximum absolute atomic E-state index is 12.6. The van der Waals surface area contributed by atoms with Gasteiger partial charge in [0.25, 0.3) is 5.56 Å². The van der Waals surface area contributed by atoms with Crippen LogP contribution in [0.2, 0.25) is 5.02 Å². The van der Waals surface area contributed by atoms with Crippen LogP contribution in [0.1, 0.15) is 11.3 Å². The molecule has 1 heterocycles. The molecule has 0 amide bonds. The summed E-state index contributed by atoms with van der Waals surface area (Å²) < 4.78 is 2.40. The van der Waals surface area contributed by atoms with Gasteiger partial charge < -0.3 is 0 Å². The fourth-order valence-electron chi connectivity index (χ4n) is 2.20. The molecule has 0 aliphatic rings. The van der Waals surface area contributed by atoms with E-state index in [2.05, 4.69) is 26.0 Å². The van der Waals surface area contributed by atoms with Crippen LogP contribution in [0, 0.1) is 6.92 Å². The lowest BCUT2D eigenvalue weighted by Gasteiger charge is -2.01. The molecule has 3 rings (SSSR count). The highest BCUT2D eigenvalue weighted by molar-refractivity contribution is 9.10. The number of nitrogens with one attached hydrogen (secondary N) is 1. The van der Waals surface area contributed by atoms with Crippen LogP contribution in [-0.2, 0) is 0 Å². The van der Waals surface area contributed by atoms with Crippen molar-refractivity contribution in [3.63, 3.8) is 0 Å². The van der Waals surface area contributed by atoms with E-state index in [9.17, 15) is 4.79 Å². The van der Waals surface area contributed by atoms with Crippen LogP contribution in [0.3, 0.4) is 0 Å². The molecule has 0 spiro atoms. The van der Waals surface area contributed by atoms with E-state index in [0.717, 1.165) is 15.9 Å². The molecule has 0 atom stereocenters. The first-order valence-electron chi connectivity index (χ1n) is 6.92. The fourth-order valence-corrected chi connectivity index (χ4v) is 2.78. The average Bonchev–Trinajstić information content (AvgIpc) is 2.80. The molecule has 1 aromatic heterocycles. The van der Waals surface area contributed by atoms with Crippen molar-refractivity contribution in [2.75, 3.05) is 0 Å². The van der Waals surface area contributed by atoms with E-state index in [1.807, 2.05) is 37.3 Å². The Labute approximate surface area is 146 Å². The molecular weight excluding hydrogens is 378 g/mol. The monoisotopic (exact) mass is 389 g/mol. The van der Waals surface area contributed by atoms with Crippen LogP contribution >= 0.6 is 27.5 Å². The van der Waals surface area contributed by atoms with Gasteiger partial charge in [-0.15, -0.1) is 0 Å². The number of aryl methyl sites for hydroxylation is 1. The first kappa shape index (κ1) is 15.8. The van der Waals surface area contributed by atoms with Crippen LogP contribution in [-0.4, -0.2) is 16.0 Å². The summed E-state index contributed by atoms with van der Waals surface area (Å²) in [5, 5.41) is 3.62. The predicted molar refractivity (Wildman–Crippen MR) is 97.5 cm³/mol. The zero-order valence-corrected chi connectivity index (χ0v) is 14.6. The van der Waals surface area contributed by atoms with E-state index in [0.29, 0.717) is 16.3 Å². The predicted octanol–water partition coefficient (Wildman–Crippen LogP) is 4.64. The normalized spacial score (nSPS) is 11.3.